The molecule has 0 spiro atoms. The summed E-state index contributed by atoms with van der Waals surface area (Å²) in [6, 6.07) is 17.2. The second kappa shape index (κ2) is 7.04. The van der Waals surface area contributed by atoms with Crippen LogP contribution in [0, 0.1) is 0 Å². The Hall–Kier alpha value is -4.27. The van der Waals surface area contributed by atoms with E-state index < -0.39 is 6.17 Å². The summed E-state index contributed by atoms with van der Waals surface area (Å²) in [5.74, 6) is 0.133. The number of anilines is 2. The average molecular weight is 386 g/mol. The quantitative estimate of drug-likeness (QED) is 0.553. The number of oxazole rings is 1. The molecule has 1 amide bonds. The van der Waals surface area contributed by atoms with Crippen LogP contribution in [0.25, 0.3) is 11.7 Å². The van der Waals surface area contributed by atoms with Gasteiger partial charge >= 0.3 is 6.01 Å². The summed E-state index contributed by atoms with van der Waals surface area (Å²) in [5, 5.41) is 13.6. The zero-order chi connectivity index (χ0) is 19.6. The van der Waals surface area contributed by atoms with Crippen molar-refractivity contribution in [2.45, 2.75) is 6.17 Å². The molecule has 1 aliphatic rings. The summed E-state index contributed by atoms with van der Waals surface area (Å²) in [5.41, 5.74) is 3.06. The number of rotatable bonds is 4. The molecule has 0 saturated heterocycles. The topological polar surface area (TPSA) is 118 Å². The van der Waals surface area contributed by atoms with E-state index in [1.54, 1.807) is 0 Å². The number of nitrogens with zero attached hydrogens (tertiary/aromatic N) is 4. The summed E-state index contributed by atoms with van der Waals surface area (Å²) in [6.07, 6.45) is 1.75. The van der Waals surface area contributed by atoms with Gasteiger partial charge in [0.15, 0.2) is 6.39 Å². The first-order valence-corrected chi connectivity index (χ1v) is 8.80. The second-order valence-electron chi connectivity index (χ2n) is 6.20. The number of para-hydroxylation sites is 1. The van der Waals surface area contributed by atoms with Gasteiger partial charge in [0, 0.05) is 11.1 Å². The van der Waals surface area contributed by atoms with Crippen LogP contribution in [-0.4, -0.2) is 33.0 Å². The largest absolute Gasteiger partial charge is 0.438 e. The highest BCUT2D eigenvalue weighted by atomic mass is 16.4. The van der Waals surface area contributed by atoms with E-state index in [0.717, 1.165) is 11.1 Å². The van der Waals surface area contributed by atoms with Gasteiger partial charge in [-0.1, -0.05) is 53.6 Å². The third-order valence-corrected chi connectivity index (χ3v) is 4.32. The zero-order valence-corrected chi connectivity index (χ0v) is 14.9. The first-order valence-electron chi connectivity index (χ1n) is 8.80. The van der Waals surface area contributed by atoms with Gasteiger partial charge in [-0.25, -0.2) is 9.98 Å². The van der Waals surface area contributed by atoms with Crippen molar-refractivity contribution in [3.8, 4) is 11.7 Å². The molecule has 5 rings (SSSR count). The maximum absolute atomic E-state index is 12.8. The van der Waals surface area contributed by atoms with E-state index >= 15 is 0 Å². The molecule has 0 unspecified atom stereocenters. The van der Waals surface area contributed by atoms with Crippen LogP contribution in [0.2, 0.25) is 0 Å². The predicted molar refractivity (Wildman–Crippen MR) is 104 cm³/mol. The number of carbonyl (C=O) groups excluding carboxylic acids is 1. The minimum Gasteiger partial charge on any atom is -0.438 e. The first kappa shape index (κ1) is 16.9. The van der Waals surface area contributed by atoms with E-state index in [1.165, 1.54) is 12.6 Å². The number of aliphatic imine (C=N–C) groups is 1. The van der Waals surface area contributed by atoms with E-state index in [4.69, 9.17) is 8.83 Å². The highest BCUT2D eigenvalue weighted by Crippen LogP contribution is 2.25. The van der Waals surface area contributed by atoms with E-state index in [9.17, 15) is 4.79 Å². The molecule has 1 atom stereocenters. The molecule has 9 heteroatoms. The molecule has 2 aromatic carbocycles. The van der Waals surface area contributed by atoms with E-state index in [2.05, 4.69) is 30.8 Å². The van der Waals surface area contributed by atoms with Crippen molar-refractivity contribution in [3.05, 3.63) is 78.3 Å². The maximum Gasteiger partial charge on any atom is 0.317 e. The molecular weight excluding hydrogens is 372 g/mol. The van der Waals surface area contributed by atoms with Gasteiger partial charge in [-0.05, 0) is 6.07 Å². The van der Waals surface area contributed by atoms with Gasteiger partial charge in [0.25, 0.3) is 11.8 Å². The van der Waals surface area contributed by atoms with Crippen LogP contribution in [0.4, 0.5) is 11.7 Å². The van der Waals surface area contributed by atoms with Crippen molar-refractivity contribution in [3.63, 3.8) is 0 Å². The summed E-state index contributed by atoms with van der Waals surface area (Å²) >= 11 is 0. The third-order valence-electron chi connectivity index (χ3n) is 4.32. The van der Waals surface area contributed by atoms with E-state index in [-0.39, 0.29) is 17.8 Å². The van der Waals surface area contributed by atoms with Gasteiger partial charge in [0.1, 0.15) is 0 Å². The van der Waals surface area contributed by atoms with Gasteiger partial charge < -0.3 is 19.5 Å². The Morgan fingerprint density at radius 2 is 1.83 bits per heavy atom. The number of nitrogens with one attached hydrogen (secondary N) is 2. The number of carbonyl (C=O) groups is 1. The lowest BCUT2D eigenvalue weighted by Crippen LogP contribution is -2.32. The second-order valence-corrected chi connectivity index (χ2v) is 6.20. The fourth-order valence-corrected chi connectivity index (χ4v) is 3.00. The van der Waals surface area contributed by atoms with Crippen LogP contribution in [0.1, 0.15) is 11.1 Å². The Kier molecular flexibility index (Phi) is 4.10. The Morgan fingerprint density at radius 3 is 2.66 bits per heavy atom. The van der Waals surface area contributed by atoms with Crippen LogP contribution in [-0.2, 0) is 4.79 Å². The normalized spacial score (nSPS) is 15.8. The first-order chi connectivity index (χ1) is 14.3. The predicted octanol–water partition coefficient (Wildman–Crippen LogP) is 2.95. The molecule has 0 saturated carbocycles. The molecule has 3 heterocycles. The Labute approximate surface area is 164 Å². The SMILES string of the molecule is O=C1Nc2ccccc2C(c2ccccc2)=N[C@@H]1Nc1nnc(-c2cnco2)o1. The Bertz CT molecular complexity index is 1180. The summed E-state index contributed by atoms with van der Waals surface area (Å²) in [6.45, 7) is 0. The average Bonchev–Trinajstić information content (AvgIpc) is 3.42. The van der Waals surface area contributed by atoms with Crippen LogP contribution < -0.4 is 10.6 Å². The summed E-state index contributed by atoms with van der Waals surface area (Å²) in [7, 11) is 0. The van der Waals surface area contributed by atoms with Crippen molar-refractivity contribution in [2.24, 2.45) is 4.99 Å². The minimum absolute atomic E-state index is 0.0404. The van der Waals surface area contributed by atoms with Crippen molar-refractivity contribution < 1.29 is 13.6 Å². The number of amides is 1. The summed E-state index contributed by atoms with van der Waals surface area (Å²) in [4.78, 5) is 21.3. The third kappa shape index (κ3) is 3.25. The molecule has 0 fully saturated rings. The van der Waals surface area contributed by atoms with Gasteiger partial charge in [0.05, 0.1) is 17.6 Å². The molecule has 9 nitrogen and oxygen atoms in total. The molecule has 0 aliphatic carbocycles. The van der Waals surface area contributed by atoms with Crippen molar-refractivity contribution in [2.75, 3.05) is 10.6 Å². The number of benzodiazepines with no additional fused rings is 1. The van der Waals surface area contributed by atoms with Gasteiger partial charge in [0.2, 0.25) is 11.9 Å². The zero-order valence-electron chi connectivity index (χ0n) is 14.9. The smallest absolute Gasteiger partial charge is 0.317 e. The van der Waals surface area contributed by atoms with Crippen molar-refractivity contribution in [1.29, 1.82) is 0 Å². The van der Waals surface area contributed by atoms with Crippen molar-refractivity contribution in [1.82, 2.24) is 15.2 Å². The lowest BCUT2D eigenvalue weighted by Gasteiger charge is -2.11. The number of benzene rings is 2. The van der Waals surface area contributed by atoms with Crippen LogP contribution in [0.3, 0.4) is 0 Å². The molecule has 2 aromatic heterocycles. The number of hydrogen-bond acceptors (Lipinski definition) is 8. The fourth-order valence-electron chi connectivity index (χ4n) is 3.00. The minimum atomic E-state index is -0.972. The van der Waals surface area contributed by atoms with Gasteiger partial charge in [-0.3, -0.25) is 4.79 Å². The van der Waals surface area contributed by atoms with E-state index in [0.29, 0.717) is 17.2 Å². The van der Waals surface area contributed by atoms with Gasteiger partial charge in [-0.15, -0.1) is 5.10 Å². The number of hydrogen-bond donors (Lipinski definition) is 2. The summed E-state index contributed by atoms with van der Waals surface area (Å²) < 4.78 is 10.7. The fraction of sp³-hybridized carbons (Fsp3) is 0.0500. The maximum atomic E-state index is 12.8. The highest BCUT2D eigenvalue weighted by Gasteiger charge is 2.27. The highest BCUT2D eigenvalue weighted by molar-refractivity contribution is 6.19. The monoisotopic (exact) mass is 386 g/mol. The van der Waals surface area contributed by atoms with Crippen LogP contribution in [0.15, 0.2) is 81.0 Å². The molecular formula is C20H14N6O3. The molecule has 142 valence electrons. The van der Waals surface area contributed by atoms with Crippen molar-refractivity contribution >= 4 is 23.3 Å². The lowest BCUT2D eigenvalue weighted by molar-refractivity contribution is -0.116. The van der Waals surface area contributed by atoms with Crippen LogP contribution in [0.5, 0.6) is 0 Å². The molecule has 0 radical (unpaired) electrons. The molecule has 4 aromatic rings. The lowest BCUT2D eigenvalue weighted by atomic mass is 10.0. The molecule has 0 bridgehead atoms. The molecule has 1 aliphatic heterocycles. The standard InChI is InChI=1S/C20H14N6O3/c27-18-17(24-20-26-25-19(29-20)15-10-21-11-28-15)23-16(12-6-2-1-3-7-12)13-8-4-5-9-14(13)22-18/h1-11,17H,(H,22,27)(H,24,26)/t17-/m1/s1. The van der Waals surface area contributed by atoms with E-state index in [1.807, 2.05) is 54.6 Å². The van der Waals surface area contributed by atoms with Gasteiger partial charge in [-0.2, -0.15) is 0 Å². The molecule has 29 heavy (non-hydrogen) atoms. The number of aromatic nitrogens is 3. The Morgan fingerprint density at radius 1 is 1.00 bits per heavy atom. The van der Waals surface area contributed by atoms with Crippen LogP contribution >= 0.6 is 0 Å². The molecule has 2 N–H and O–H groups in total. The number of fused-ring (bicyclic) bond motifs is 1. The Balaban J connectivity index is 1.52.